The molecule has 3 aliphatic heterocycles. The monoisotopic (exact) mass is 1980 g/mol. The van der Waals surface area contributed by atoms with Crippen molar-refractivity contribution in [1.82, 2.24) is 44.5 Å². The number of benzene rings is 4. The predicted octanol–water partition coefficient (Wildman–Crippen LogP) is -1.17. The van der Waals surface area contributed by atoms with Gasteiger partial charge >= 0.3 is 90.6 Å². The molecule has 0 aliphatic carbocycles. The van der Waals surface area contributed by atoms with E-state index in [4.69, 9.17) is 127 Å². The van der Waals surface area contributed by atoms with Gasteiger partial charge in [-0.2, -0.15) is 57.5 Å². The van der Waals surface area contributed by atoms with Gasteiger partial charge in [0.15, 0.2) is 6.54 Å². The van der Waals surface area contributed by atoms with E-state index in [0.29, 0.717) is 55.7 Å². The Morgan fingerprint density at radius 3 is 1.06 bits per heavy atom. The third-order valence-corrected chi connectivity index (χ3v) is 16.6. The fourth-order valence-electron chi connectivity index (χ4n) is 10.2. The molecule has 0 spiro atoms. The van der Waals surface area contributed by atoms with Crippen molar-refractivity contribution < 1.29 is 191 Å². The molecule has 48 nitrogen and oxygen atoms in total. The van der Waals surface area contributed by atoms with Crippen LogP contribution in [0.2, 0.25) is 0 Å². The van der Waals surface area contributed by atoms with Gasteiger partial charge in [-0.15, -0.1) is 13.2 Å². The van der Waals surface area contributed by atoms with Gasteiger partial charge in [-0.3, -0.25) is 72.6 Å². The number of likely N-dealkylation sites (N-methyl/N-ethyl adjacent to an activating group) is 3. The van der Waals surface area contributed by atoms with Crippen LogP contribution in [0.5, 0.6) is 0 Å². The molecule has 48 heteroatoms. The number of aliphatic carboxylic acids is 9. The Hall–Kier alpha value is -14.2. The van der Waals surface area contributed by atoms with Crippen molar-refractivity contribution in [1.29, 1.82) is 0 Å². The first-order valence-electron chi connectivity index (χ1n) is 41.3. The Morgan fingerprint density at radius 1 is 0.400 bits per heavy atom. The van der Waals surface area contributed by atoms with E-state index in [1.165, 1.54) is 35.6 Å². The molecule has 140 heavy (non-hydrogen) atoms. The molecule has 0 bridgehead atoms. The average molecular weight is 1980 g/mol. The van der Waals surface area contributed by atoms with Crippen LogP contribution in [0.1, 0.15) is 68.9 Å². The molecular weight excluding hydrogens is 1850 g/mol. The van der Waals surface area contributed by atoms with Gasteiger partial charge in [-0.05, 0) is 91.9 Å². The molecule has 3 heterocycles. The van der Waals surface area contributed by atoms with Crippen LogP contribution >= 0.6 is 0 Å². The zero-order valence-electron chi connectivity index (χ0n) is 78.7. The second kappa shape index (κ2) is 93.8. The minimum Gasteiger partial charge on any atom is -0.480 e. The van der Waals surface area contributed by atoms with Crippen LogP contribution < -0.4 is 10.3 Å². The van der Waals surface area contributed by atoms with Crippen LogP contribution in [0, 0.1) is 0 Å². The minimum atomic E-state index is -1.18. The molecular formula is C92H129N10O38+. The summed E-state index contributed by atoms with van der Waals surface area (Å²) in [6, 6.07) is 30.5. The fourth-order valence-corrected chi connectivity index (χ4v) is 10.2. The fraction of sp³-hybridized carbons (Fsp3) is 0.435. The highest BCUT2D eigenvalue weighted by atomic mass is 16.6. The molecule has 3 saturated heterocycles. The summed E-state index contributed by atoms with van der Waals surface area (Å²) in [5.41, 5.74) is 7.75. The minimum absolute atomic E-state index is 0.000872. The molecule has 6 atom stereocenters. The first-order valence-corrected chi connectivity index (χ1v) is 41.3. The molecule has 0 amide bonds. The Kier molecular flexibility index (Phi) is 93.0. The van der Waals surface area contributed by atoms with Gasteiger partial charge in [0.2, 0.25) is 0 Å². The topological polar surface area (TPSA) is 709 Å². The van der Waals surface area contributed by atoms with Crippen molar-refractivity contribution in [3.8, 4) is 0 Å². The van der Waals surface area contributed by atoms with E-state index < -0.39 is 98.2 Å². The number of aliphatic hydroxyl groups excluding tert-OH is 3. The number of nitrogens with zero attached hydrogens (tertiary/aromatic N) is 8. The number of carbonyl (C=O) groups excluding carboxylic acids is 12. The van der Waals surface area contributed by atoms with Crippen molar-refractivity contribution in [2.45, 2.75) is 36.6 Å². The largest absolute Gasteiger partial charge is 0.480 e. The number of carbonyl (C=O) groups is 9. The number of epoxide rings is 3. The zero-order valence-corrected chi connectivity index (χ0v) is 78.7. The Labute approximate surface area is 808 Å². The molecule has 4 aromatic rings. The van der Waals surface area contributed by atoms with Crippen molar-refractivity contribution >= 4 is 122 Å². The van der Waals surface area contributed by atoms with E-state index in [2.05, 4.69) is 97.8 Å². The SMILES string of the molecule is C=CCOCC(O)CN(C)CCN(CC(=O)O)CC(=O)O.C=CCOCC1CO1.C=Cc1ccc(C(O)CN(CCN(CC(=O)O)CC(=O)O)CC(=O)O)cc1.C=Cc1ccc(C2CO2)cc1.C=Cc1cccc(C(O)CN(CCN(CC(=O)O)CC(=O)O)CC(=O)O)c1.C=Cc1cccc(C2CO2)c1.C=[NH+]CCN(C)C.CN(C)CCNCC(=O)O.O=C=O.O=C=O.O=C=O.O=C=O.O=C=O.O=C=O. The molecule has 3 fully saturated rings. The maximum absolute atomic E-state index is 11.1. The van der Waals surface area contributed by atoms with E-state index in [1.54, 1.807) is 78.7 Å². The summed E-state index contributed by atoms with van der Waals surface area (Å²) in [5.74, 6) is -9.87. The molecule has 0 radical (unpaired) electrons. The van der Waals surface area contributed by atoms with E-state index in [0.717, 1.165) is 74.9 Å². The lowest BCUT2D eigenvalue weighted by Gasteiger charge is -2.26. The van der Waals surface area contributed by atoms with Crippen LogP contribution in [0.4, 0.5) is 0 Å². The Morgan fingerprint density at radius 2 is 0.729 bits per heavy atom. The maximum atomic E-state index is 11.1. The molecule has 774 valence electrons. The summed E-state index contributed by atoms with van der Waals surface area (Å²) in [5, 5.41) is 112. The average Bonchev–Trinajstić information content (AvgIpc) is 1.69. The van der Waals surface area contributed by atoms with Crippen molar-refractivity contribution in [2.24, 2.45) is 0 Å². The number of hydrogen-bond donors (Lipinski definition) is 14. The Balaban J connectivity index is -0.000000291. The van der Waals surface area contributed by atoms with Gasteiger partial charge in [-0.1, -0.05) is 148 Å². The van der Waals surface area contributed by atoms with Crippen LogP contribution in [0.15, 0.2) is 149 Å². The second-order valence-electron chi connectivity index (χ2n) is 28.6. The van der Waals surface area contributed by atoms with Gasteiger partial charge in [0, 0.05) is 72.0 Å². The number of hydrogen-bond acceptors (Lipinski definition) is 38. The second-order valence-corrected chi connectivity index (χ2v) is 28.6. The van der Waals surface area contributed by atoms with Crippen molar-refractivity contribution in [3.05, 3.63) is 193 Å². The summed E-state index contributed by atoms with van der Waals surface area (Å²) in [6.45, 7) is 31.5. The third kappa shape index (κ3) is 96.9. The van der Waals surface area contributed by atoms with E-state index in [9.17, 15) is 58.5 Å². The maximum Gasteiger partial charge on any atom is 0.373 e. The summed E-state index contributed by atoms with van der Waals surface area (Å²) in [6.07, 6.45) is 10.3. The molecule has 14 N–H and O–H groups in total. The lowest BCUT2D eigenvalue weighted by atomic mass is 10.1. The lowest BCUT2D eigenvalue weighted by Crippen LogP contribution is -2.68. The molecule has 4 aromatic carbocycles. The Bertz CT molecular complexity index is 4260. The highest BCUT2D eigenvalue weighted by Gasteiger charge is 2.27. The molecule has 0 saturated carbocycles. The zero-order chi connectivity index (χ0) is 108. The number of carboxylic acid groups (broad SMARTS) is 9. The first-order chi connectivity index (χ1) is 66.4. The van der Waals surface area contributed by atoms with Crippen molar-refractivity contribution in [3.63, 3.8) is 0 Å². The van der Waals surface area contributed by atoms with Gasteiger partial charge in [0.25, 0.3) is 0 Å². The molecule has 0 aromatic heterocycles. The highest BCUT2D eigenvalue weighted by Crippen LogP contribution is 2.31. The highest BCUT2D eigenvalue weighted by molar-refractivity contribution is 5.74. The van der Waals surface area contributed by atoms with Gasteiger partial charge in [-0.25, -0.2) is 0 Å². The number of nitrogens with one attached hydrogen (secondary N) is 2. The summed E-state index contributed by atoms with van der Waals surface area (Å²) in [4.78, 5) is 210. The van der Waals surface area contributed by atoms with Gasteiger partial charge < -0.3 is 105 Å². The summed E-state index contributed by atoms with van der Waals surface area (Å²) in [7, 11) is 9.73. The van der Waals surface area contributed by atoms with Crippen molar-refractivity contribution in [2.75, 3.05) is 225 Å². The van der Waals surface area contributed by atoms with Crippen LogP contribution in [0.3, 0.4) is 0 Å². The molecule has 7 rings (SSSR count). The predicted molar refractivity (Wildman–Crippen MR) is 493 cm³/mol. The molecule has 6 unspecified atom stereocenters. The first kappa shape index (κ1) is 139. The standard InChI is InChI=1S/2C18H24N2O7.C13H24N2O6.2C10H10O.C6H14N2O2.C6H10O2.C5H12N2.6CO2/c1-2-13-3-5-14(6-4-13)15(21)9-19(10-16(22)23)7-8-20(11-17(24)25)12-18(26)27;1-2-13-4-3-5-14(8-13)15(21)9-19(10-16(22)23)6-7-20(11-17(24)25)12-18(26)27;1-3-6-21-10-11(16)7-14(2)4-5-15(8-12(17)18)9-13(19)20;1-2-8-3-5-9(6-4-8)10-7-11-10;1-2-8-4-3-5-9(6-8)10-7-11-10;1-8(2)4-3-7-5-6(9)10;1-2-3-7-4-6-5-8-6;1-6-4-5-7(2)3;6*2-1-3/h2-6,15,21H,1,7-12H2,(H,22,23)(H,24,25)(H,26,27);2-5,8,15,21H,1,6-7,9-12H2,(H,22,23)(H,24,25)(H,26,27);3,11,16H,1,4-10H2,2H3,(H,17,18)(H,19,20);2*2-6,10H,1,7H2;7H,3-5H2,1-2H3,(H,9,10);2,6H,1,3-5H2;1,4-5H2,2-3H3;;;;;;/p+1. The quantitative estimate of drug-likeness (QED) is 0.0107. The smallest absolute Gasteiger partial charge is 0.373 e. The normalized spacial score (nSPS) is 12.9. The molecule has 3 aliphatic rings. The number of aliphatic hydroxyl groups is 3. The van der Waals surface area contributed by atoms with Gasteiger partial charge in [0.1, 0.15) is 25.0 Å². The van der Waals surface area contributed by atoms with Gasteiger partial charge in [0.05, 0.1) is 130 Å². The lowest BCUT2D eigenvalue weighted by molar-refractivity contribution is -0.447. The van der Waals surface area contributed by atoms with Crippen LogP contribution in [-0.4, -0.2) is 436 Å². The third-order valence-electron chi connectivity index (χ3n) is 16.6. The number of ether oxygens (including phenoxy) is 5. The summed E-state index contributed by atoms with van der Waals surface area (Å²) >= 11 is 0. The number of rotatable bonds is 55. The summed E-state index contributed by atoms with van der Waals surface area (Å²) < 4.78 is 25.4. The van der Waals surface area contributed by atoms with Crippen LogP contribution in [-0.2, 0) is 124 Å². The number of carboxylic acids is 9. The van der Waals surface area contributed by atoms with E-state index in [-0.39, 0.29) is 122 Å². The van der Waals surface area contributed by atoms with E-state index >= 15 is 0 Å². The van der Waals surface area contributed by atoms with E-state index in [1.807, 2.05) is 63.4 Å². The van der Waals surface area contributed by atoms with Crippen LogP contribution in [0.25, 0.3) is 24.3 Å².